The van der Waals surface area contributed by atoms with Gasteiger partial charge in [0.05, 0.1) is 0 Å². The van der Waals surface area contributed by atoms with Gasteiger partial charge in [0.2, 0.25) is 11.7 Å². The molecule has 110 valence electrons. The highest BCUT2D eigenvalue weighted by Crippen LogP contribution is 2.39. The van der Waals surface area contributed by atoms with Crippen LogP contribution in [0, 0.1) is 0 Å². The Morgan fingerprint density at radius 2 is 1.77 bits per heavy atom. The summed E-state index contributed by atoms with van der Waals surface area (Å²) >= 11 is 0. The van der Waals surface area contributed by atoms with Gasteiger partial charge >= 0.3 is 0 Å². The van der Waals surface area contributed by atoms with E-state index in [1.165, 1.54) is 0 Å². The topological polar surface area (TPSA) is 48.2 Å². The van der Waals surface area contributed by atoms with Crippen LogP contribution >= 0.6 is 0 Å². The van der Waals surface area contributed by atoms with Crippen LogP contribution in [0.25, 0.3) is 11.4 Å². The maximum absolute atomic E-state index is 5.77. The van der Waals surface area contributed by atoms with E-state index in [1.807, 2.05) is 54.6 Å². The van der Waals surface area contributed by atoms with Crippen molar-refractivity contribution in [3.8, 4) is 17.1 Å². The molecule has 0 aliphatic heterocycles. The van der Waals surface area contributed by atoms with Crippen molar-refractivity contribution in [1.82, 2.24) is 10.1 Å². The van der Waals surface area contributed by atoms with E-state index in [2.05, 4.69) is 10.1 Å². The van der Waals surface area contributed by atoms with Crippen LogP contribution in [-0.2, 0) is 6.61 Å². The minimum Gasteiger partial charge on any atom is -0.489 e. The summed E-state index contributed by atoms with van der Waals surface area (Å²) < 4.78 is 11.1. The van der Waals surface area contributed by atoms with Gasteiger partial charge < -0.3 is 9.26 Å². The standard InChI is InChI=1S/C18H16N2O2/c1-2-4-13(5-3-1)12-21-16-10-8-14(9-11-16)17-19-18(22-20-17)15-6-7-15/h1-5,8-11,15H,6-7,12H2. The van der Waals surface area contributed by atoms with Gasteiger partial charge in [-0.3, -0.25) is 0 Å². The number of hydrogen-bond acceptors (Lipinski definition) is 4. The molecule has 1 aromatic heterocycles. The molecule has 3 aromatic rings. The third-order valence-corrected chi connectivity index (χ3v) is 3.73. The van der Waals surface area contributed by atoms with Gasteiger partial charge in [-0.25, -0.2) is 0 Å². The van der Waals surface area contributed by atoms with Crippen LogP contribution < -0.4 is 4.74 Å². The summed E-state index contributed by atoms with van der Waals surface area (Å²) in [6.45, 7) is 0.564. The molecule has 4 heteroatoms. The first-order valence-electron chi connectivity index (χ1n) is 7.49. The van der Waals surface area contributed by atoms with E-state index in [-0.39, 0.29) is 0 Å². The molecular formula is C18H16N2O2. The molecule has 1 heterocycles. The Labute approximate surface area is 128 Å². The quantitative estimate of drug-likeness (QED) is 0.707. The van der Waals surface area contributed by atoms with Crippen molar-refractivity contribution >= 4 is 0 Å². The number of hydrogen-bond donors (Lipinski definition) is 0. The zero-order valence-electron chi connectivity index (χ0n) is 12.1. The fourth-order valence-electron chi connectivity index (χ4n) is 2.29. The predicted octanol–water partition coefficient (Wildman–Crippen LogP) is 4.19. The number of ether oxygens (including phenoxy) is 1. The Balaban J connectivity index is 1.43. The lowest BCUT2D eigenvalue weighted by molar-refractivity contribution is 0.306. The third kappa shape index (κ3) is 2.86. The average molecular weight is 292 g/mol. The molecule has 1 aliphatic carbocycles. The highest BCUT2D eigenvalue weighted by atomic mass is 16.5. The molecule has 0 bridgehead atoms. The van der Waals surface area contributed by atoms with Crippen LogP contribution in [-0.4, -0.2) is 10.1 Å². The van der Waals surface area contributed by atoms with Gasteiger partial charge in [0.1, 0.15) is 12.4 Å². The summed E-state index contributed by atoms with van der Waals surface area (Å²) in [5.41, 5.74) is 2.10. The van der Waals surface area contributed by atoms with Gasteiger partial charge in [-0.2, -0.15) is 4.98 Å². The van der Waals surface area contributed by atoms with Crippen LogP contribution in [0.5, 0.6) is 5.75 Å². The maximum Gasteiger partial charge on any atom is 0.230 e. The van der Waals surface area contributed by atoms with E-state index in [0.717, 1.165) is 35.6 Å². The van der Waals surface area contributed by atoms with Crippen LogP contribution in [0.3, 0.4) is 0 Å². The third-order valence-electron chi connectivity index (χ3n) is 3.73. The molecule has 0 N–H and O–H groups in total. The smallest absolute Gasteiger partial charge is 0.230 e. The van der Waals surface area contributed by atoms with Crippen LogP contribution in [0.4, 0.5) is 0 Å². The lowest BCUT2D eigenvalue weighted by atomic mass is 10.2. The van der Waals surface area contributed by atoms with Gasteiger partial charge in [-0.15, -0.1) is 0 Å². The molecule has 0 unspecified atom stereocenters. The molecule has 22 heavy (non-hydrogen) atoms. The lowest BCUT2D eigenvalue weighted by Crippen LogP contribution is -1.94. The minimum absolute atomic E-state index is 0.481. The van der Waals surface area contributed by atoms with Crippen LogP contribution in [0.15, 0.2) is 59.1 Å². The SMILES string of the molecule is c1ccc(COc2ccc(-c3noc(C4CC4)n3)cc2)cc1. The fraction of sp³-hybridized carbons (Fsp3) is 0.222. The Hall–Kier alpha value is -2.62. The minimum atomic E-state index is 0.481. The predicted molar refractivity (Wildman–Crippen MR) is 82.5 cm³/mol. The molecule has 4 rings (SSSR count). The molecule has 0 saturated heterocycles. The zero-order chi connectivity index (χ0) is 14.8. The van der Waals surface area contributed by atoms with E-state index in [0.29, 0.717) is 18.3 Å². The molecule has 1 fully saturated rings. The lowest BCUT2D eigenvalue weighted by Gasteiger charge is -2.06. The van der Waals surface area contributed by atoms with Crippen molar-refractivity contribution < 1.29 is 9.26 Å². The van der Waals surface area contributed by atoms with Crippen LogP contribution in [0.1, 0.15) is 30.2 Å². The van der Waals surface area contributed by atoms with E-state index >= 15 is 0 Å². The van der Waals surface area contributed by atoms with Crippen molar-refractivity contribution in [3.05, 3.63) is 66.1 Å². The largest absolute Gasteiger partial charge is 0.489 e. The summed E-state index contributed by atoms with van der Waals surface area (Å²) in [6, 6.07) is 17.9. The molecule has 2 aromatic carbocycles. The summed E-state index contributed by atoms with van der Waals surface area (Å²) in [6.07, 6.45) is 2.32. The van der Waals surface area contributed by atoms with Crippen molar-refractivity contribution in [2.45, 2.75) is 25.4 Å². The molecule has 0 amide bonds. The van der Waals surface area contributed by atoms with Crippen LogP contribution in [0.2, 0.25) is 0 Å². The number of benzene rings is 2. The monoisotopic (exact) mass is 292 g/mol. The molecule has 1 aliphatic rings. The second kappa shape index (κ2) is 5.64. The Bertz CT molecular complexity index is 746. The second-order valence-electron chi connectivity index (χ2n) is 5.53. The van der Waals surface area contributed by atoms with Gasteiger partial charge in [-0.05, 0) is 42.7 Å². The van der Waals surface area contributed by atoms with Crippen molar-refractivity contribution in [2.75, 3.05) is 0 Å². The van der Waals surface area contributed by atoms with E-state index in [9.17, 15) is 0 Å². The average Bonchev–Trinajstić information content (AvgIpc) is 3.32. The highest BCUT2D eigenvalue weighted by molar-refractivity contribution is 5.55. The van der Waals surface area contributed by atoms with Gasteiger partial charge in [0.25, 0.3) is 0 Å². The molecule has 0 atom stereocenters. The van der Waals surface area contributed by atoms with Gasteiger partial charge in [-0.1, -0.05) is 35.5 Å². The first-order chi connectivity index (χ1) is 10.9. The molecule has 4 nitrogen and oxygen atoms in total. The molecule has 0 radical (unpaired) electrons. The summed E-state index contributed by atoms with van der Waals surface area (Å²) in [7, 11) is 0. The maximum atomic E-state index is 5.77. The van der Waals surface area contributed by atoms with Crippen molar-refractivity contribution in [3.63, 3.8) is 0 Å². The first-order valence-corrected chi connectivity index (χ1v) is 7.49. The summed E-state index contributed by atoms with van der Waals surface area (Å²) in [5.74, 6) is 2.73. The molecule has 0 spiro atoms. The molecular weight excluding hydrogens is 276 g/mol. The first kappa shape index (κ1) is 13.1. The normalized spacial score (nSPS) is 14.0. The Morgan fingerprint density at radius 1 is 1.00 bits per heavy atom. The van der Waals surface area contributed by atoms with E-state index in [1.54, 1.807) is 0 Å². The van der Waals surface area contributed by atoms with E-state index in [4.69, 9.17) is 9.26 Å². The number of rotatable bonds is 5. The highest BCUT2D eigenvalue weighted by Gasteiger charge is 2.29. The zero-order valence-corrected chi connectivity index (χ0v) is 12.1. The van der Waals surface area contributed by atoms with Crippen molar-refractivity contribution in [2.24, 2.45) is 0 Å². The Morgan fingerprint density at radius 3 is 2.50 bits per heavy atom. The molecule has 1 saturated carbocycles. The number of aromatic nitrogens is 2. The van der Waals surface area contributed by atoms with Crippen molar-refractivity contribution in [1.29, 1.82) is 0 Å². The van der Waals surface area contributed by atoms with E-state index < -0.39 is 0 Å². The number of nitrogens with zero attached hydrogens (tertiary/aromatic N) is 2. The van der Waals surface area contributed by atoms with Gasteiger partial charge in [0, 0.05) is 11.5 Å². The summed E-state index contributed by atoms with van der Waals surface area (Å²) in [4.78, 5) is 4.45. The Kier molecular flexibility index (Phi) is 3.35. The summed E-state index contributed by atoms with van der Waals surface area (Å²) in [5, 5.41) is 4.04. The second-order valence-corrected chi connectivity index (χ2v) is 5.53. The van der Waals surface area contributed by atoms with Gasteiger partial charge in [0.15, 0.2) is 0 Å². The fourth-order valence-corrected chi connectivity index (χ4v) is 2.29.